The molecule has 0 saturated carbocycles. The molecule has 1 amide bonds. The van der Waals surface area contributed by atoms with Gasteiger partial charge >= 0.3 is 0 Å². The molecule has 4 aromatic rings. The first kappa shape index (κ1) is 23.4. The zero-order chi connectivity index (χ0) is 24.8. The van der Waals surface area contributed by atoms with E-state index in [1.165, 1.54) is 19.4 Å². The first-order valence-corrected chi connectivity index (χ1v) is 10.7. The summed E-state index contributed by atoms with van der Waals surface area (Å²) in [6.07, 6.45) is 2.62. The van der Waals surface area contributed by atoms with Crippen molar-refractivity contribution in [2.75, 3.05) is 12.4 Å². The van der Waals surface area contributed by atoms with Crippen LogP contribution in [0.5, 0.6) is 5.75 Å². The number of hydrogen-bond acceptors (Lipinski definition) is 7. The highest BCUT2D eigenvalue weighted by molar-refractivity contribution is 5.95. The van der Waals surface area contributed by atoms with E-state index < -0.39 is 17.8 Å². The van der Waals surface area contributed by atoms with Crippen molar-refractivity contribution >= 4 is 11.6 Å². The largest absolute Gasteiger partial charge is 0.496 e. The van der Waals surface area contributed by atoms with E-state index in [1.807, 2.05) is 0 Å². The molecule has 0 fully saturated rings. The fraction of sp³-hybridized carbons (Fsp3) is 0.160. The smallest absolute Gasteiger partial charge is 0.252 e. The summed E-state index contributed by atoms with van der Waals surface area (Å²) in [7, 11) is 3.26. The van der Waals surface area contributed by atoms with Gasteiger partial charge in [-0.25, -0.2) is 4.39 Å². The Bertz CT molecular complexity index is 1400. The quantitative estimate of drug-likeness (QED) is 0.403. The first-order chi connectivity index (χ1) is 17.0. The van der Waals surface area contributed by atoms with E-state index in [0.29, 0.717) is 46.3 Å². The Kier molecular flexibility index (Phi) is 6.97. The number of benzene rings is 2. The summed E-state index contributed by atoms with van der Waals surface area (Å²) in [4.78, 5) is 16.6. The van der Waals surface area contributed by atoms with Crippen LogP contribution < -0.4 is 15.4 Å². The molecule has 0 aliphatic rings. The van der Waals surface area contributed by atoms with Crippen LogP contribution in [-0.2, 0) is 13.6 Å². The van der Waals surface area contributed by atoms with Gasteiger partial charge in [-0.1, -0.05) is 24.3 Å². The number of nitriles is 1. The van der Waals surface area contributed by atoms with E-state index in [1.54, 1.807) is 60.1 Å². The molecule has 0 bridgehead atoms. The molecule has 9 nitrogen and oxygen atoms in total. The summed E-state index contributed by atoms with van der Waals surface area (Å²) in [5, 5.41) is 23.8. The number of anilines is 1. The van der Waals surface area contributed by atoms with Crippen LogP contribution >= 0.6 is 0 Å². The van der Waals surface area contributed by atoms with E-state index in [9.17, 15) is 14.4 Å². The van der Waals surface area contributed by atoms with E-state index in [4.69, 9.17) is 4.74 Å². The van der Waals surface area contributed by atoms with Gasteiger partial charge < -0.3 is 19.9 Å². The molecule has 0 radical (unpaired) electrons. The minimum atomic E-state index is -0.874. The van der Waals surface area contributed by atoms with Gasteiger partial charge in [-0.2, -0.15) is 5.26 Å². The zero-order valence-corrected chi connectivity index (χ0v) is 19.1. The number of hydrogen-bond donors (Lipinski definition) is 2. The molecule has 1 atom stereocenters. The first-order valence-electron chi connectivity index (χ1n) is 10.7. The summed E-state index contributed by atoms with van der Waals surface area (Å²) in [6, 6.07) is 16.7. The molecule has 176 valence electrons. The van der Waals surface area contributed by atoms with Crippen LogP contribution in [0, 0.1) is 17.1 Å². The molecule has 0 spiro atoms. The van der Waals surface area contributed by atoms with Crippen molar-refractivity contribution in [1.29, 1.82) is 5.26 Å². The van der Waals surface area contributed by atoms with Crippen molar-refractivity contribution in [3.8, 4) is 23.2 Å². The summed E-state index contributed by atoms with van der Waals surface area (Å²) in [5.74, 6) is 0.593. The third-order valence-corrected chi connectivity index (χ3v) is 5.41. The fourth-order valence-electron chi connectivity index (χ4n) is 3.56. The maximum absolute atomic E-state index is 14.1. The number of methoxy groups -OCH3 is 1. The summed E-state index contributed by atoms with van der Waals surface area (Å²) in [6.45, 7) is 0.295. The number of halogens is 1. The van der Waals surface area contributed by atoms with Crippen LogP contribution in [0.15, 0.2) is 67.0 Å². The predicted octanol–water partition coefficient (Wildman–Crippen LogP) is 3.63. The molecule has 10 heteroatoms. The molecule has 0 aliphatic heterocycles. The monoisotopic (exact) mass is 471 g/mol. The van der Waals surface area contributed by atoms with Crippen LogP contribution in [-0.4, -0.2) is 32.8 Å². The molecule has 2 aromatic heterocycles. The molecule has 2 aromatic carbocycles. The van der Waals surface area contributed by atoms with Gasteiger partial charge in [-0.3, -0.25) is 9.78 Å². The average molecular weight is 471 g/mol. The number of rotatable bonds is 8. The topological polar surface area (TPSA) is 118 Å². The Balaban J connectivity index is 1.46. The number of nitrogens with zero attached hydrogens (tertiary/aromatic N) is 5. The van der Waals surface area contributed by atoms with Crippen molar-refractivity contribution < 1.29 is 13.9 Å². The number of aromatic nitrogens is 4. The number of para-hydroxylation sites is 1. The second-order valence-electron chi connectivity index (χ2n) is 7.57. The van der Waals surface area contributed by atoms with Crippen molar-refractivity contribution in [3.63, 3.8) is 0 Å². The van der Waals surface area contributed by atoms with Crippen LogP contribution in [0.25, 0.3) is 11.4 Å². The van der Waals surface area contributed by atoms with Crippen molar-refractivity contribution in [3.05, 3.63) is 89.8 Å². The van der Waals surface area contributed by atoms with Crippen LogP contribution in [0.4, 0.5) is 10.1 Å². The minimum Gasteiger partial charge on any atom is -0.496 e. The number of pyridine rings is 1. The highest BCUT2D eigenvalue weighted by Crippen LogP contribution is 2.25. The SMILES string of the molecule is COc1ccccc1[C@H](C#N)NC(=O)c1cccc(NCc2nnc(-c3ccncc3F)n2C)c1. The van der Waals surface area contributed by atoms with Gasteiger partial charge in [0, 0.05) is 30.1 Å². The van der Waals surface area contributed by atoms with Crippen molar-refractivity contribution in [1.82, 2.24) is 25.1 Å². The lowest BCUT2D eigenvalue weighted by Gasteiger charge is -2.15. The van der Waals surface area contributed by atoms with E-state index in [0.717, 1.165) is 6.20 Å². The number of ether oxygens (including phenoxy) is 1. The average Bonchev–Trinajstić information content (AvgIpc) is 3.26. The number of nitrogens with one attached hydrogen (secondary N) is 2. The van der Waals surface area contributed by atoms with Gasteiger partial charge in [-0.05, 0) is 30.3 Å². The molecular weight excluding hydrogens is 449 g/mol. The number of carbonyl (C=O) groups is 1. The molecule has 2 heterocycles. The van der Waals surface area contributed by atoms with Gasteiger partial charge in [0.15, 0.2) is 17.5 Å². The normalized spacial score (nSPS) is 11.4. The highest BCUT2D eigenvalue weighted by Gasteiger charge is 2.19. The third kappa shape index (κ3) is 5.09. The van der Waals surface area contributed by atoms with Gasteiger partial charge in [0.05, 0.1) is 31.5 Å². The Hall–Kier alpha value is -4.78. The number of amides is 1. The van der Waals surface area contributed by atoms with E-state index >= 15 is 0 Å². The highest BCUT2D eigenvalue weighted by atomic mass is 19.1. The van der Waals surface area contributed by atoms with E-state index in [2.05, 4.69) is 31.9 Å². The van der Waals surface area contributed by atoms with Crippen LogP contribution in [0.2, 0.25) is 0 Å². The molecule has 0 unspecified atom stereocenters. The van der Waals surface area contributed by atoms with Crippen LogP contribution in [0.3, 0.4) is 0 Å². The maximum Gasteiger partial charge on any atom is 0.252 e. The van der Waals surface area contributed by atoms with Gasteiger partial charge in [0.2, 0.25) is 0 Å². The molecular formula is C25H22FN7O2. The third-order valence-electron chi connectivity index (χ3n) is 5.41. The lowest BCUT2D eigenvalue weighted by Crippen LogP contribution is -2.28. The van der Waals surface area contributed by atoms with Crippen molar-refractivity contribution in [2.24, 2.45) is 7.05 Å². The van der Waals surface area contributed by atoms with E-state index in [-0.39, 0.29) is 0 Å². The summed E-state index contributed by atoms with van der Waals surface area (Å²) in [5.41, 5.74) is 1.93. The molecule has 35 heavy (non-hydrogen) atoms. The van der Waals surface area contributed by atoms with Crippen LogP contribution in [0.1, 0.15) is 27.8 Å². The second-order valence-corrected chi connectivity index (χ2v) is 7.57. The van der Waals surface area contributed by atoms with Gasteiger partial charge in [0.25, 0.3) is 5.91 Å². The summed E-state index contributed by atoms with van der Waals surface area (Å²) >= 11 is 0. The zero-order valence-electron chi connectivity index (χ0n) is 19.1. The minimum absolute atomic E-state index is 0.295. The Morgan fingerprint density at radius 3 is 2.80 bits per heavy atom. The van der Waals surface area contributed by atoms with Gasteiger partial charge in [-0.15, -0.1) is 10.2 Å². The van der Waals surface area contributed by atoms with Gasteiger partial charge in [0.1, 0.15) is 11.8 Å². The Labute approximate surface area is 201 Å². The van der Waals surface area contributed by atoms with Crippen molar-refractivity contribution in [2.45, 2.75) is 12.6 Å². The maximum atomic E-state index is 14.1. The fourth-order valence-corrected chi connectivity index (χ4v) is 3.56. The lowest BCUT2D eigenvalue weighted by molar-refractivity contribution is 0.0945. The molecule has 2 N–H and O–H groups in total. The predicted molar refractivity (Wildman–Crippen MR) is 127 cm³/mol. The molecule has 0 aliphatic carbocycles. The Morgan fingerprint density at radius 2 is 2.03 bits per heavy atom. The summed E-state index contributed by atoms with van der Waals surface area (Å²) < 4.78 is 21.1. The standard InChI is InChI=1S/C25H22FN7O2/c1-33-23(31-32-24(33)18-10-11-28-14-20(18)26)15-29-17-7-5-6-16(12-17)25(34)30-21(13-27)19-8-3-4-9-22(19)35-2/h3-12,14,21,29H,15H2,1-2H3,(H,30,34)/t21-/m0/s1. The lowest BCUT2D eigenvalue weighted by atomic mass is 10.1. The second kappa shape index (κ2) is 10.4. The Morgan fingerprint density at radius 1 is 1.20 bits per heavy atom. The molecule has 4 rings (SSSR count). The molecule has 0 saturated heterocycles. The number of carbonyl (C=O) groups excluding carboxylic acids is 1.